The number of hydrogen-bond donors (Lipinski definition) is 0. The average Bonchev–Trinajstić information content (AvgIpc) is 2.98. The van der Waals surface area contributed by atoms with Gasteiger partial charge in [-0.2, -0.15) is 0 Å². The van der Waals surface area contributed by atoms with Gasteiger partial charge in [-0.05, 0) is 63.2 Å². The normalized spacial score (nSPS) is 10.7. The SMILES string of the molecule is C=CCOc1ccc2c(c1)c(C(=O)OCC)c(C)n2-c1ccc(OCC)cc1. The maximum atomic E-state index is 12.7. The van der Waals surface area contributed by atoms with Gasteiger partial charge < -0.3 is 18.8 Å². The molecular formula is C23H25NO4. The molecule has 3 rings (SSSR count). The highest BCUT2D eigenvalue weighted by atomic mass is 16.5. The fraction of sp³-hybridized carbons (Fsp3) is 0.261. The van der Waals surface area contributed by atoms with E-state index in [1.807, 2.05) is 56.3 Å². The van der Waals surface area contributed by atoms with Crippen LogP contribution in [-0.2, 0) is 4.74 Å². The topological polar surface area (TPSA) is 49.7 Å². The Hall–Kier alpha value is -3.21. The van der Waals surface area contributed by atoms with Gasteiger partial charge >= 0.3 is 5.97 Å². The predicted octanol–water partition coefficient (Wildman–Crippen LogP) is 5.08. The van der Waals surface area contributed by atoms with Crippen molar-refractivity contribution in [2.45, 2.75) is 20.8 Å². The second kappa shape index (κ2) is 8.65. The van der Waals surface area contributed by atoms with Gasteiger partial charge in [-0.1, -0.05) is 12.7 Å². The molecule has 28 heavy (non-hydrogen) atoms. The lowest BCUT2D eigenvalue weighted by Gasteiger charge is -2.10. The molecule has 0 amide bonds. The second-order valence-electron chi connectivity index (χ2n) is 6.22. The van der Waals surface area contributed by atoms with Crippen LogP contribution in [0, 0.1) is 6.92 Å². The van der Waals surface area contributed by atoms with Gasteiger partial charge in [-0.3, -0.25) is 0 Å². The van der Waals surface area contributed by atoms with E-state index in [-0.39, 0.29) is 5.97 Å². The zero-order chi connectivity index (χ0) is 20.1. The number of nitrogens with zero attached hydrogens (tertiary/aromatic N) is 1. The maximum absolute atomic E-state index is 12.7. The first-order valence-corrected chi connectivity index (χ1v) is 9.39. The number of aromatic nitrogens is 1. The van der Waals surface area contributed by atoms with E-state index in [0.717, 1.165) is 28.0 Å². The van der Waals surface area contributed by atoms with Gasteiger partial charge in [0.1, 0.15) is 18.1 Å². The molecule has 0 spiro atoms. The summed E-state index contributed by atoms with van der Waals surface area (Å²) < 4.78 is 18.6. The van der Waals surface area contributed by atoms with E-state index in [1.54, 1.807) is 13.0 Å². The summed E-state index contributed by atoms with van der Waals surface area (Å²) in [4.78, 5) is 12.7. The number of rotatable bonds is 8. The number of carbonyl (C=O) groups excluding carboxylic acids is 1. The molecule has 0 aliphatic rings. The van der Waals surface area contributed by atoms with E-state index < -0.39 is 0 Å². The zero-order valence-electron chi connectivity index (χ0n) is 16.5. The van der Waals surface area contributed by atoms with E-state index >= 15 is 0 Å². The third-order valence-corrected chi connectivity index (χ3v) is 4.43. The molecule has 0 bridgehead atoms. The Balaban J connectivity index is 2.17. The third kappa shape index (κ3) is 3.74. The van der Waals surface area contributed by atoms with Crippen molar-refractivity contribution in [1.82, 2.24) is 4.57 Å². The number of carbonyl (C=O) groups is 1. The van der Waals surface area contributed by atoms with Crippen LogP contribution in [0.5, 0.6) is 11.5 Å². The van der Waals surface area contributed by atoms with Crippen molar-refractivity contribution in [2.24, 2.45) is 0 Å². The molecule has 5 heteroatoms. The second-order valence-corrected chi connectivity index (χ2v) is 6.22. The van der Waals surface area contributed by atoms with Crippen molar-refractivity contribution in [2.75, 3.05) is 19.8 Å². The highest BCUT2D eigenvalue weighted by Crippen LogP contribution is 2.33. The largest absolute Gasteiger partial charge is 0.494 e. The fourth-order valence-electron chi connectivity index (χ4n) is 3.29. The van der Waals surface area contributed by atoms with Gasteiger partial charge in [-0.15, -0.1) is 0 Å². The van der Waals surface area contributed by atoms with Gasteiger partial charge in [0, 0.05) is 16.8 Å². The Kier molecular flexibility index (Phi) is 6.04. The molecule has 0 aliphatic heterocycles. The van der Waals surface area contributed by atoms with Gasteiger partial charge in [0.15, 0.2) is 0 Å². The van der Waals surface area contributed by atoms with Crippen molar-refractivity contribution in [3.05, 3.63) is 66.4 Å². The first kappa shape index (κ1) is 19.5. The van der Waals surface area contributed by atoms with Crippen LogP contribution in [0.2, 0.25) is 0 Å². The van der Waals surface area contributed by atoms with Crippen molar-refractivity contribution < 1.29 is 19.0 Å². The molecule has 0 N–H and O–H groups in total. The standard InChI is InChI=1S/C23H25NO4/c1-5-14-28-19-12-13-21-20(15-19)22(23(25)27-7-3)16(4)24(21)17-8-10-18(11-9-17)26-6-2/h5,8-13,15H,1,6-7,14H2,2-4H3. The van der Waals surface area contributed by atoms with Crippen LogP contribution in [0.15, 0.2) is 55.1 Å². The molecule has 0 unspecified atom stereocenters. The number of hydrogen-bond acceptors (Lipinski definition) is 4. The van der Waals surface area contributed by atoms with Crippen LogP contribution < -0.4 is 9.47 Å². The molecule has 0 saturated heterocycles. The minimum absolute atomic E-state index is 0.320. The molecule has 0 radical (unpaired) electrons. The van der Waals surface area contributed by atoms with Crippen LogP contribution in [0.4, 0.5) is 0 Å². The van der Waals surface area contributed by atoms with Crippen LogP contribution >= 0.6 is 0 Å². The first-order valence-electron chi connectivity index (χ1n) is 9.39. The number of ether oxygens (including phenoxy) is 3. The molecule has 2 aromatic carbocycles. The summed E-state index contributed by atoms with van der Waals surface area (Å²) in [5.74, 6) is 1.16. The Morgan fingerprint density at radius 2 is 1.75 bits per heavy atom. The predicted molar refractivity (Wildman–Crippen MR) is 111 cm³/mol. The van der Waals surface area contributed by atoms with Crippen LogP contribution in [-0.4, -0.2) is 30.4 Å². The van der Waals surface area contributed by atoms with E-state index in [9.17, 15) is 4.79 Å². The van der Waals surface area contributed by atoms with E-state index in [4.69, 9.17) is 14.2 Å². The molecule has 0 aliphatic carbocycles. The summed E-state index contributed by atoms with van der Waals surface area (Å²) in [6.07, 6.45) is 1.69. The van der Waals surface area contributed by atoms with Crippen LogP contribution in [0.25, 0.3) is 16.6 Å². The summed E-state index contributed by atoms with van der Waals surface area (Å²) >= 11 is 0. The van der Waals surface area contributed by atoms with Crippen molar-refractivity contribution in [1.29, 1.82) is 0 Å². The highest BCUT2D eigenvalue weighted by Gasteiger charge is 2.22. The highest BCUT2D eigenvalue weighted by molar-refractivity contribution is 6.07. The van der Waals surface area contributed by atoms with Crippen molar-refractivity contribution in [3.63, 3.8) is 0 Å². The quantitative estimate of drug-likeness (QED) is 0.405. The molecular weight excluding hydrogens is 354 g/mol. The third-order valence-electron chi connectivity index (χ3n) is 4.43. The van der Waals surface area contributed by atoms with Gasteiger partial charge in [0.25, 0.3) is 0 Å². The average molecular weight is 379 g/mol. The Morgan fingerprint density at radius 3 is 2.39 bits per heavy atom. The monoisotopic (exact) mass is 379 g/mol. The van der Waals surface area contributed by atoms with Crippen molar-refractivity contribution >= 4 is 16.9 Å². The molecule has 1 heterocycles. The zero-order valence-corrected chi connectivity index (χ0v) is 16.5. The Morgan fingerprint density at radius 1 is 1.04 bits per heavy atom. The molecule has 3 aromatic rings. The summed E-state index contributed by atoms with van der Waals surface area (Å²) in [6, 6.07) is 13.5. The first-order chi connectivity index (χ1) is 13.6. The lowest BCUT2D eigenvalue weighted by atomic mass is 10.1. The molecule has 5 nitrogen and oxygen atoms in total. The van der Waals surface area contributed by atoms with Crippen molar-refractivity contribution in [3.8, 4) is 17.2 Å². The number of benzene rings is 2. The Bertz CT molecular complexity index is 986. The minimum atomic E-state index is -0.337. The minimum Gasteiger partial charge on any atom is -0.494 e. The van der Waals surface area contributed by atoms with E-state index in [1.165, 1.54) is 0 Å². The summed E-state index contributed by atoms with van der Waals surface area (Å²) in [5, 5.41) is 0.798. The molecule has 0 atom stereocenters. The van der Waals surface area contributed by atoms with Crippen LogP contribution in [0.3, 0.4) is 0 Å². The lowest BCUT2D eigenvalue weighted by Crippen LogP contribution is -2.07. The maximum Gasteiger partial charge on any atom is 0.340 e. The van der Waals surface area contributed by atoms with Crippen LogP contribution in [0.1, 0.15) is 29.9 Å². The van der Waals surface area contributed by atoms with Gasteiger partial charge in [0.05, 0.1) is 24.3 Å². The Labute approximate surface area is 165 Å². The smallest absolute Gasteiger partial charge is 0.340 e. The summed E-state index contributed by atoms with van der Waals surface area (Å²) in [6.45, 7) is 10.7. The van der Waals surface area contributed by atoms with Gasteiger partial charge in [0.2, 0.25) is 0 Å². The lowest BCUT2D eigenvalue weighted by molar-refractivity contribution is 0.0527. The van der Waals surface area contributed by atoms with E-state index in [2.05, 4.69) is 11.1 Å². The summed E-state index contributed by atoms with van der Waals surface area (Å²) in [7, 11) is 0. The van der Waals surface area contributed by atoms with E-state index in [0.29, 0.717) is 31.1 Å². The molecule has 0 fully saturated rings. The number of esters is 1. The molecule has 0 saturated carbocycles. The summed E-state index contributed by atoms with van der Waals surface area (Å²) in [5.41, 5.74) is 3.23. The molecule has 1 aromatic heterocycles. The van der Waals surface area contributed by atoms with Gasteiger partial charge in [-0.25, -0.2) is 4.79 Å². The fourth-order valence-corrected chi connectivity index (χ4v) is 3.29. The number of fused-ring (bicyclic) bond motifs is 1. The molecule has 146 valence electrons.